The molecule has 132 valence electrons. The molecule has 0 saturated carbocycles. The number of rotatable bonds is 4. The number of nitrogens with zero attached hydrogens (tertiary/aromatic N) is 2. The minimum atomic E-state index is -2.88. The van der Waals surface area contributed by atoms with Crippen LogP contribution in [0.3, 0.4) is 0 Å². The van der Waals surface area contributed by atoms with E-state index in [1.807, 2.05) is 36.4 Å². The van der Waals surface area contributed by atoms with Crippen LogP contribution >= 0.6 is 0 Å². The Kier molecular flexibility index (Phi) is 5.50. The Hall–Kier alpha value is -2.18. The van der Waals surface area contributed by atoms with Crippen molar-refractivity contribution in [2.75, 3.05) is 26.3 Å². The number of benzene rings is 2. The van der Waals surface area contributed by atoms with Crippen molar-refractivity contribution in [3.63, 3.8) is 0 Å². The van der Waals surface area contributed by atoms with E-state index in [0.29, 0.717) is 36.1 Å². The first-order valence-corrected chi connectivity index (χ1v) is 9.86. The Morgan fingerprint density at radius 3 is 1.96 bits per heavy atom. The summed E-state index contributed by atoms with van der Waals surface area (Å²) in [6, 6.07) is 17.6. The molecule has 0 aromatic heterocycles. The third-order valence-electron chi connectivity index (χ3n) is 4.11. The van der Waals surface area contributed by atoms with Gasteiger partial charge in [-0.05, 0) is 31.2 Å². The summed E-state index contributed by atoms with van der Waals surface area (Å²) in [5.41, 5.74) is 0. The van der Waals surface area contributed by atoms with E-state index in [2.05, 4.69) is 4.36 Å². The number of ether oxygens (including phenoxy) is 1. The second-order valence-corrected chi connectivity index (χ2v) is 8.08. The average Bonchev–Trinajstić information content (AvgIpc) is 2.69. The average molecular weight is 358 g/mol. The molecule has 5 nitrogen and oxygen atoms in total. The molecule has 2 aromatic rings. The topological polar surface area (TPSA) is 59.0 Å². The maximum atomic E-state index is 13.8. The molecule has 0 aliphatic carbocycles. The highest BCUT2D eigenvalue weighted by molar-refractivity contribution is 7.93. The Morgan fingerprint density at radius 2 is 1.48 bits per heavy atom. The maximum Gasteiger partial charge on any atom is 0.248 e. The fourth-order valence-corrected chi connectivity index (χ4v) is 4.89. The molecule has 0 unspecified atom stereocenters. The number of morpholine rings is 1. The molecule has 1 aliphatic heterocycles. The molecule has 1 amide bonds. The number of carbonyl (C=O) groups is 1. The van der Waals surface area contributed by atoms with Crippen molar-refractivity contribution in [1.82, 2.24) is 4.90 Å². The third-order valence-corrected chi connectivity index (χ3v) is 6.55. The molecule has 6 heteroatoms. The van der Waals surface area contributed by atoms with Crippen LogP contribution in [0.4, 0.5) is 0 Å². The van der Waals surface area contributed by atoms with E-state index in [1.165, 1.54) is 0 Å². The summed E-state index contributed by atoms with van der Waals surface area (Å²) in [5, 5.41) is 0. The standard InChI is InChI=1S/C19H22N2O3S/c1-16(19(22)21-12-14-24-15-13-21)20-25(23,17-8-4-2-5-9-17)18-10-6-3-7-11-18/h2-11,16H,12-15H2,1H3/t16-/m0/s1. The van der Waals surface area contributed by atoms with Gasteiger partial charge < -0.3 is 9.64 Å². The van der Waals surface area contributed by atoms with Gasteiger partial charge in [-0.1, -0.05) is 36.4 Å². The lowest BCUT2D eigenvalue weighted by Gasteiger charge is -2.28. The van der Waals surface area contributed by atoms with Crippen LogP contribution in [0.15, 0.2) is 74.8 Å². The van der Waals surface area contributed by atoms with Crippen molar-refractivity contribution in [3.05, 3.63) is 60.7 Å². The lowest BCUT2D eigenvalue weighted by molar-refractivity contribution is -0.136. The van der Waals surface area contributed by atoms with Gasteiger partial charge >= 0.3 is 0 Å². The van der Waals surface area contributed by atoms with Crippen molar-refractivity contribution in [2.24, 2.45) is 4.36 Å². The van der Waals surface area contributed by atoms with Gasteiger partial charge in [0.2, 0.25) is 5.91 Å². The maximum absolute atomic E-state index is 13.8. The third kappa shape index (κ3) is 3.91. The normalized spacial score (nSPS) is 16.3. The fraction of sp³-hybridized carbons (Fsp3) is 0.316. The van der Waals surface area contributed by atoms with E-state index in [0.717, 1.165) is 0 Å². The van der Waals surface area contributed by atoms with Crippen LogP contribution in [0.5, 0.6) is 0 Å². The predicted molar refractivity (Wildman–Crippen MR) is 96.8 cm³/mol. The molecule has 3 rings (SSSR count). The van der Waals surface area contributed by atoms with Gasteiger partial charge in [0.05, 0.1) is 23.0 Å². The van der Waals surface area contributed by atoms with Gasteiger partial charge in [-0.2, -0.15) is 0 Å². The molecule has 1 saturated heterocycles. The molecule has 2 aromatic carbocycles. The van der Waals surface area contributed by atoms with Crippen LogP contribution in [0, 0.1) is 0 Å². The summed E-state index contributed by atoms with van der Waals surface area (Å²) in [6.07, 6.45) is 0. The molecule has 1 fully saturated rings. The minimum Gasteiger partial charge on any atom is -0.378 e. The van der Waals surface area contributed by atoms with Gasteiger partial charge in [0.25, 0.3) is 0 Å². The zero-order valence-electron chi connectivity index (χ0n) is 14.2. The molecule has 1 atom stereocenters. The van der Waals surface area contributed by atoms with Crippen molar-refractivity contribution >= 4 is 15.6 Å². The smallest absolute Gasteiger partial charge is 0.248 e. The van der Waals surface area contributed by atoms with Crippen LogP contribution in [0.25, 0.3) is 0 Å². The molecule has 0 radical (unpaired) electrons. The summed E-state index contributed by atoms with van der Waals surface area (Å²) in [7, 11) is -2.88. The highest BCUT2D eigenvalue weighted by Gasteiger charge is 2.25. The molecular weight excluding hydrogens is 336 g/mol. The number of amides is 1. The molecule has 1 heterocycles. The van der Waals surface area contributed by atoms with Crippen LogP contribution in [-0.4, -0.2) is 47.4 Å². The first-order chi connectivity index (χ1) is 12.1. The van der Waals surface area contributed by atoms with Gasteiger partial charge in [0.15, 0.2) is 0 Å². The Labute approximate surface area is 148 Å². The van der Waals surface area contributed by atoms with Crippen molar-refractivity contribution in [3.8, 4) is 0 Å². The molecule has 0 bridgehead atoms. The first kappa shape index (κ1) is 17.6. The quantitative estimate of drug-likeness (QED) is 0.844. The van der Waals surface area contributed by atoms with Gasteiger partial charge in [-0.15, -0.1) is 0 Å². The highest BCUT2D eigenvalue weighted by atomic mass is 32.2. The monoisotopic (exact) mass is 358 g/mol. The molecular formula is C19H22N2O3S. The fourth-order valence-electron chi connectivity index (χ4n) is 2.78. The SMILES string of the molecule is C[C@H](N=S(=O)(c1ccccc1)c1ccccc1)C(=O)N1CCOCC1. The molecule has 0 spiro atoms. The van der Waals surface area contributed by atoms with Crippen LogP contribution < -0.4 is 0 Å². The summed E-state index contributed by atoms with van der Waals surface area (Å²) in [5.74, 6) is -0.108. The van der Waals surface area contributed by atoms with Crippen LogP contribution in [0.1, 0.15) is 6.92 Å². The van der Waals surface area contributed by atoms with E-state index in [4.69, 9.17) is 4.74 Å². The Bertz CT molecular complexity index is 779. The van der Waals surface area contributed by atoms with Crippen molar-refractivity contribution < 1.29 is 13.7 Å². The molecule has 25 heavy (non-hydrogen) atoms. The molecule has 1 aliphatic rings. The largest absolute Gasteiger partial charge is 0.378 e. The Morgan fingerprint density at radius 1 is 1.00 bits per heavy atom. The van der Waals surface area contributed by atoms with E-state index in [-0.39, 0.29) is 5.91 Å². The van der Waals surface area contributed by atoms with Gasteiger partial charge in [-0.25, -0.2) is 8.57 Å². The van der Waals surface area contributed by atoms with Crippen molar-refractivity contribution in [2.45, 2.75) is 22.8 Å². The zero-order chi connectivity index (χ0) is 17.7. The summed E-state index contributed by atoms with van der Waals surface area (Å²) in [4.78, 5) is 15.6. The highest BCUT2D eigenvalue weighted by Crippen LogP contribution is 2.24. The number of carbonyl (C=O) groups excluding carboxylic acids is 1. The van der Waals surface area contributed by atoms with Gasteiger partial charge in [0, 0.05) is 13.1 Å². The lowest BCUT2D eigenvalue weighted by Crippen LogP contribution is -2.44. The van der Waals surface area contributed by atoms with E-state index >= 15 is 0 Å². The summed E-state index contributed by atoms with van der Waals surface area (Å²) >= 11 is 0. The number of hydrogen-bond acceptors (Lipinski definition) is 4. The lowest BCUT2D eigenvalue weighted by atomic mass is 10.3. The van der Waals surface area contributed by atoms with E-state index in [1.54, 1.807) is 36.1 Å². The van der Waals surface area contributed by atoms with Gasteiger partial charge in [0.1, 0.15) is 15.8 Å². The summed E-state index contributed by atoms with van der Waals surface area (Å²) < 4.78 is 23.6. The van der Waals surface area contributed by atoms with Crippen molar-refractivity contribution in [1.29, 1.82) is 0 Å². The van der Waals surface area contributed by atoms with E-state index in [9.17, 15) is 9.00 Å². The zero-order valence-corrected chi connectivity index (χ0v) is 15.0. The Balaban J connectivity index is 2.01. The second kappa shape index (κ2) is 7.80. The van der Waals surface area contributed by atoms with Gasteiger partial charge in [-0.3, -0.25) is 4.79 Å². The summed E-state index contributed by atoms with van der Waals surface area (Å²) in [6.45, 7) is 3.88. The minimum absolute atomic E-state index is 0.108. The van der Waals surface area contributed by atoms with Crippen LogP contribution in [0.2, 0.25) is 0 Å². The molecule has 0 N–H and O–H groups in total. The van der Waals surface area contributed by atoms with E-state index < -0.39 is 15.8 Å². The predicted octanol–water partition coefficient (Wildman–Crippen LogP) is 2.82. The first-order valence-electron chi connectivity index (χ1n) is 8.34. The second-order valence-electron chi connectivity index (χ2n) is 5.87. The van der Waals surface area contributed by atoms with Crippen LogP contribution in [-0.2, 0) is 19.3 Å². The number of hydrogen-bond donors (Lipinski definition) is 0.